The third kappa shape index (κ3) is 2.12. The van der Waals surface area contributed by atoms with Gasteiger partial charge >= 0.3 is 0 Å². The molecule has 0 spiro atoms. The molecule has 0 saturated heterocycles. The summed E-state index contributed by atoms with van der Waals surface area (Å²) in [5.74, 6) is 0.928. The van der Waals surface area contributed by atoms with Crippen molar-refractivity contribution in [2.75, 3.05) is 11.9 Å². The van der Waals surface area contributed by atoms with Crippen LogP contribution in [0.5, 0.6) is 0 Å². The molecule has 0 amide bonds. The molecule has 1 aromatic heterocycles. The summed E-state index contributed by atoms with van der Waals surface area (Å²) in [6, 6.07) is 9.85. The van der Waals surface area contributed by atoms with Crippen LogP contribution in [0.2, 0.25) is 0 Å². The zero-order valence-electron chi connectivity index (χ0n) is 11.5. The van der Waals surface area contributed by atoms with E-state index in [1.807, 2.05) is 36.2 Å². The Hall–Kier alpha value is -2.41. The van der Waals surface area contributed by atoms with Crippen LogP contribution < -0.4 is 4.90 Å². The molecule has 3 rings (SSSR count). The van der Waals surface area contributed by atoms with E-state index in [1.165, 1.54) is 18.4 Å². The molecule has 1 aliphatic carbocycles. The number of hydrogen-bond donors (Lipinski definition) is 0. The van der Waals surface area contributed by atoms with Gasteiger partial charge in [-0.3, -0.25) is 0 Å². The van der Waals surface area contributed by atoms with Crippen LogP contribution in [0.4, 0.5) is 11.5 Å². The lowest BCUT2D eigenvalue weighted by molar-refractivity contribution is 0.661. The van der Waals surface area contributed by atoms with Crippen LogP contribution in [-0.2, 0) is 12.8 Å². The number of hydrogen-bond acceptors (Lipinski definition) is 4. The van der Waals surface area contributed by atoms with E-state index in [-0.39, 0.29) is 0 Å². The normalized spacial score (nSPS) is 13.4. The molecule has 1 aliphatic rings. The molecule has 1 heterocycles. The van der Waals surface area contributed by atoms with Gasteiger partial charge in [-0.15, -0.1) is 0 Å². The number of benzene rings is 1. The van der Waals surface area contributed by atoms with Crippen molar-refractivity contribution < 1.29 is 0 Å². The predicted octanol–water partition coefficient (Wildman–Crippen LogP) is 2.99. The molecule has 100 valence electrons. The third-order valence-electron chi connectivity index (χ3n) is 3.81. The van der Waals surface area contributed by atoms with Crippen LogP contribution in [0.15, 0.2) is 30.6 Å². The fourth-order valence-corrected chi connectivity index (χ4v) is 2.77. The monoisotopic (exact) mass is 264 g/mol. The maximum absolute atomic E-state index is 9.24. The highest BCUT2D eigenvalue weighted by molar-refractivity contribution is 5.68. The van der Waals surface area contributed by atoms with E-state index < -0.39 is 0 Å². The van der Waals surface area contributed by atoms with Crippen LogP contribution in [0.3, 0.4) is 0 Å². The van der Waals surface area contributed by atoms with Crippen LogP contribution in [-0.4, -0.2) is 17.0 Å². The number of aryl methyl sites for hydroxylation is 1. The van der Waals surface area contributed by atoms with Crippen LogP contribution >= 0.6 is 0 Å². The van der Waals surface area contributed by atoms with Gasteiger partial charge in [0.2, 0.25) is 0 Å². The zero-order valence-corrected chi connectivity index (χ0v) is 11.5. The van der Waals surface area contributed by atoms with E-state index in [9.17, 15) is 5.26 Å². The minimum absolute atomic E-state index is 0.665. The first-order valence-electron chi connectivity index (χ1n) is 6.87. The Balaban J connectivity index is 2.07. The van der Waals surface area contributed by atoms with Gasteiger partial charge in [-0.2, -0.15) is 5.26 Å². The van der Waals surface area contributed by atoms with Crippen molar-refractivity contribution in [2.24, 2.45) is 0 Å². The van der Waals surface area contributed by atoms with E-state index in [0.29, 0.717) is 5.56 Å². The van der Waals surface area contributed by atoms with Gasteiger partial charge in [-0.25, -0.2) is 9.97 Å². The molecule has 20 heavy (non-hydrogen) atoms. The topological polar surface area (TPSA) is 52.8 Å². The lowest BCUT2D eigenvalue weighted by atomic mass is 9.96. The standard InChI is InChI=1S/C16H16N4/c1-20(15-9-5-2-6-12(15)10-17)16-13-7-3-4-8-14(13)18-11-19-16/h2,5-6,9,11H,3-4,7-8H2,1H3. The van der Waals surface area contributed by atoms with Crippen molar-refractivity contribution in [1.82, 2.24) is 9.97 Å². The molecular weight excluding hydrogens is 248 g/mol. The van der Waals surface area contributed by atoms with Crippen molar-refractivity contribution in [3.63, 3.8) is 0 Å². The van der Waals surface area contributed by atoms with E-state index in [1.54, 1.807) is 6.33 Å². The van der Waals surface area contributed by atoms with E-state index >= 15 is 0 Å². The van der Waals surface area contributed by atoms with E-state index in [2.05, 4.69) is 16.0 Å². The van der Waals surface area contributed by atoms with Crippen LogP contribution in [0, 0.1) is 11.3 Å². The molecule has 0 aliphatic heterocycles. The van der Waals surface area contributed by atoms with Crippen molar-refractivity contribution in [3.05, 3.63) is 47.4 Å². The molecule has 1 aromatic carbocycles. The minimum Gasteiger partial charge on any atom is -0.328 e. The second-order valence-corrected chi connectivity index (χ2v) is 5.02. The van der Waals surface area contributed by atoms with Gasteiger partial charge in [0.25, 0.3) is 0 Å². The highest BCUT2D eigenvalue weighted by atomic mass is 15.2. The first kappa shape index (κ1) is 12.6. The largest absolute Gasteiger partial charge is 0.328 e. The van der Waals surface area contributed by atoms with Gasteiger partial charge in [-0.1, -0.05) is 12.1 Å². The molecule has 4 nitrogen and oxygen atoms in total. The minimum atomic E-state index is 0.665. The Morgan fingerprint density at radius 1 is 1.15 bits per heavy atom. The second kappa shape index (κ2) is 5.30. The Bertz CT molecular complexity index is 672. The number of anilines is 2. The Kier molecular flexibility index (Phi) is 3.34. The second-order valence-electron chi connectivity index (χ2n) is 5.02. The number of aromatic nitrogens is 2. The summed E-state index contributed by atoms with van der Waals surface area (Å²) in [4.78, 5) is 10.8. The van der Waals surface area contributed by atoms with Gasteiger partial charge in [0.05, 0.1) is 11.3 Å². The molecule has 0 radical (unpaired) electrons. The summed E-state index contributed by atoms with van der Waals surface area (Å²) in [6.45, 7) is 0. The predicted molar refractivity (Wildman–Crippen MR) is 77.9 cm³/mol. The fourth-order valence-electron chi connectivity index (χ4n) is 2.77. The number of nitriles is 1. The molecule has 0 unspecified atom stereocenters. The van der Waals surface area contributed by atoms with Crippen molar-refractivity contribution >= 4 is 11.5 Å². The molecule has 0 bridgehead atoms. The maximum atomic E-state index is 9.24. The summed E-state index contributed by atoms with van der Waals surface area (Å²) in [5, 5.41) is 9.24. The first-order valence-corrected chi connectivity index (χ1v) is 6.87. The maximum Gasteiger partial charge on any atom is 0.139 e. The van der Waals surface area contributed by atoms with Gasteiger partial charge < -0.3 is 4.90 Å². The van der Waals surface area contributed by atoms with E-state index in [4.69, 9.17) is 0 Å². The molecule has 0 atom stereocenters. The SMILES string of the molecule is CN(c1ccccc1C#N)c1ncnc2c1CCCC2. The smallest absolute Gasteiger partial charge is 0.139 e. The lowest BCUT2D eigenvalue weighted by Crippen LogP contribution is -2.18. The highest BCUT2D eigenvalue weighted by Gasteiger charge is 2.19. The fraction of sp³-hybridized carbons (Fsp3) is 0.312. The lowest BCUT2D eigenvalue weighted by Gasteiger charge is -2.25. The zero-order chi connectivity index (χ0) is 13.9. The van der Waals surface area contributed by atoms with Crippen molar-refractivity contribution in [3.8, 4) is 6.07 Å². The molecule has 0 saturated carbocycles. The summed E-state index contributed by atoms with van der Waals surface area (Å²) in [6.07, 6.45) is 6.05. The summed E-state index contributed by atoms with van der Waals surface area (Å²) in [5.41, 5.74) is 3.94. The number of rotatable bonds is 2. The summed E-state index contributed by atoms with van der Waals surface area (Å²) in [7, 11) is 1.97. The molecule has 4 heteroatoms. The van der Waals surface area contributed by atoms with Crippen LogP contribution in [0.1, 0.15) is 29.7 Å². The van der Waals surface area contributed by atoms with E-state index in [0.717, 1.165) is 30.0 Å². The van der Waals surface area contributed by atoms with Gasteiger partial charge in [0.1, 0.15) is 18.2 Å². The van der Waals surface area contributed by atoms with Gasteiger partial charge in [0, 0.05) is 18.3 Å². The third-order valence-corrected chi connectivity index (χ3v) is 3.81. The summed E-state index contributed by atoms with van der Waals surface area (Å²) < 4.78 is 0. The number of fused-ring (bicyclic) bond motifs is 1. The molecule has 2 aromatic rings. The molecule has 0 fully saturated rings. The van der Waals surface area contributed by atoms with Crippen molar-refractivity contribution in [2.45, 2.75) is 25.7 Å². The number of para-hydroxylation sites is 1. The van der Waals surface area contributed by atoms with Crippen LogP contribution in [0.25, 0.3) is 0 Å². The first-order chi connectivity index (χ1) is 9.81. The molecule has 0 N–H and O–H groups in total. The molecular formula is C16H16N4. The van der Waals surface area contributed by atoms with Gasteiger partial charge in [0.15, 0.2) is 0 Å². The van der Waals surface area contributed by atoms with Crippen molar-refractivity contribution in [1.29, 1.82) is 5.26 Å². The average molecular weight is 264 g/mol. The van der Waals surface area contributed by atoms with Gasteiger partial charge in [-0.05, 0) is 37.8 Å². The summed E-state index contributed by atoms with van der Waals surface area (Å²) >= 11 is 0. The highest BCUT2D eigenvalue weighted by Crippen LogP contribution is 2.31. The number of nitrogens with zero attached hydrogens (tertiary/aromatic N) is 4. The Morgan fingerprint density at radius 2 is 1.95 bits per heavy atom. The Labute approximate surface area is 118 Å². The Morgan fingerprint density at radius 3 is 2.80 bits per heavy atom. The average Bonchev–Trinajstić information content (AvgIpc) is 2.53. The quantitative estimate of drug-likeness (QED) is 0.836.